The van der Waals surface area contributed by atoms with Crippen LogP contribution >= 0.6 is 0 Å². The lowest BCUT2D eigenvalue weighted by atomic mass is 9.97. The molecular formula is C101H135B3N14O23S4. The van der Waals surface area contributed by atoms with Gasteiger partial charge in [-0.05, 0) is 187 Å². The number of ether oxygens (including phenoxy) is 10. The molecule has 9 N–H and O–H groups in total. The highest BCUT2D eigenvalue weighted by atomic mass is 32.2. The lowest BCUT2D eigenvalue weighted by Crippen LogP contribution is -2.58. The maximum atomic E-state index is 13.8. The molecule has 4 saturated heterocycles. The van der Waals surface area contributed by atoms with Gasteiger partial charge in [-0.25, -0.2) is 43.3 Å². The average Bonchev–Trinajstić information content (AvgIpc) is 1.40. The highest BCUT2D eigenvalue weighted by molar-refractivity contribution is 7.90. The number of sulfonamides is 4. The van der Waals surface area contributed by atoms with E-state index < -0.39 is 130 Å². The fourth-order valence-electron chi connectivity index (χ4n) is 17.0. The van der Waals surface area contributed by atoms with E-state index in [0.717, 1.165) is 35.1 Å². The lowest BCUT2D eigenvalue weighted by molar-refractivity contribution is -0.0909. The number of hydrogen-bond acceptors (Lipinski definition) is 26. The van der Waals surface area contributed by atoms with Crippen LogP contribution in [-0.4, -0.2) is 284 Å². The smallest absolute Gasteiger partial charge is 0.407 e. The number of alkyl carbamates (subject to hydrolysis) is 2. The second-order valence-electron chi connectivity index (χ2n) is 37.2. The fraction of sp³-hybridized carbons (Fsp3) is 0.475. The normalized spacial score (nSPS) is 18.2. The van der Waals surface area contributed by atoms with Gasteiger partial charge < -0.3 is 85.4 Å². The molecule has 37 nitrogen and oxygen atoms in total. The van der Waals surface area contributed by atoms with Gasteiger partial charge >= 0.3 is 12.2 Å². The fourth-order valence-corrected chi connectivity index (χ4v) is 23.5. The van der Waals surface area contributed by atoms with Gasteiger partial charge in [-0.2, -0.15) is 17.2 Å². The largest absolute Gasteiger partial charge is 0.497 e. The summed E-state index contributed by atoms with van der Waals surface area (Å²) in [5.74, 6) is -0.231. The van der Waals surface area contributed by atoms with E-state index in [0.29, 0.717) is 55.5 Å². The number of amides is 5. The summed E-state index contributed by atoms with van der Waals surface area (Å²) in [6, 6.07) is 56.6. The van der Waals surface area contributed by atoms with Crippen LogP contribution in [-0.2, 0) is 94.2 Å². The van der Waals surface area contributed by atoms with E-state index in [2.05, 4.69) is 36.6 Å². The van der Waals surface area contributed by atoms with Gasteiger partial charge in [-0.1, -0.05) is 182 Å². The van der Waals surface area contributed by atoms with Crippen molar-refractivity contribution >= 4 is 93.2 Å². The predicted molar refractivity (Wildman–Crippen MR) is 552 cm³/mol. The second-order valence-corrected chi connectivity index (χ2v) is 45.0. The van der Waals surface area contributed by atoms with Gasteiger partial charge in [-0.3, -0.25) is 14.4 Å². The summed E-state index contributed by atoms with van der Waals surface area (Å²) in [5, 5.41) is 17.5. The summed E-state index contributed by atoms with van der Waals surface area (Å²) < 4.78 is 168. The third-order valence-electron chi connectivity index (χ3n) is 24.1. The first-order chi connectivity index (χ1) is 69.0. The Labute approximate surface area is 856 Å². The zero-order valence-electron chi connectivity index (χ0n) is 83.9. The third kappa shape index (κ3) is 36.4. The van der Waals surface area contributed by atoms with Crippen molar-refractivity contribution in [2.75, 3.05) is 107 Å². The summed E-state index contributed by atoms with van der Waals surface area (Å²) >= 11 is 0. The maximum Gasteiger partial charge on any atom is 0.407 e. The quantitative estimate of drug-likeness (QED) is 0.00806. The molecule has 4 aliphatic heterocycles. The monoisotopic (exact) mass is 2070 g/mol. The number of carbonyl (C=O) groups excluding carboxylic acids is 5. The van der Waals surface area contributed by atoms with Crippen molar-refractivity contribution in [3.8, 4) is 23.0 Å². The number of benzene rings is 8. The molecule has 145 heavy (non-hydrogen) atoms. The van der Waals surface area contributed by atoms with Crippen molar-refractivity contribution in [3.63, 3.8) is 0 Å². The van der Waals surface area contributed by atoms with E-state index in [1.807, 2.05) is 177 Å². The number of nitrogens with two attached hydrogens (primary N) is 2. The Kier molecular flexibility index (Phi) is 46.3. The molecule has 8 aromatic carbocycles. The third-order valence-corrected chi connectivity index (χ3v) is 31.5. The van der Waals surface area contributed by atoms with E-state index in [1.54, 1.807) is 48.5 Å². The molecular weight excluding hydrogens is 1940 g/mol. The van der Waals surface area contributed by atoms with Crippen LogP contribution in [0.2, 0.25) is 0 Å². The van der Waals surface area contributed by atoms with Crippen molar-refractivity contribution in [1.29, 1.82) is 0 Å². The van der Waals surface area contributed by atoms with Gasteiger partial charge in [0.05, 0.1) is 123 Å². The van der Waals surface area contributed by atoms with Gasteiger partial charge in [0.1, 0.15) is 35.2 Å². The first kappa shape index (κ1) is 117. The van der Waals surface area contributed by atoms with Crippen molar-refractivity contribution in [3.05, 3.63) is 251 Å². The Morgan fingerprint density at radius 1 is 0.366 bits per heavy atom. The summed E-state index contributed by atoms with van der Waals surface area (Å²) in [7, 11) is 6.75. The van der Waals surface area contributed by atoms with Crippen LogP contribution < -0.4 is 57.0 Å². The number of nitrogens with one attached hydrogen (secondary N) is 5. The van der Waals surface area contributed by atoms with Crippen molar-refractivity contribution < 1.29 is 105 Å². The van der Waals surface area contributed by atoms with Crippen LogP contribution in [0.15, 0.2) is 243 Å². The van der Waals surface area contributed by atoms with Crippen molar-refractivity contribution in [2.24, 2.45) is 52.1 Å². The zero-order chi connectivity index (χ0) is 106. The summed E-state index contributed by atoms with van der Waals surface area (Å²) in [6.45, 7) is 17.6. The molecule has 0 aromatic heterocycles. The van der Waals surface area contributed by atoms with Gasteiger partial charge in [-0.15, -0.1) is 0 Å². The Balaban J connectivity index is 0.000000217. The van der Waals surface area contributed by atoms with E-state index in [-0.39, 0.29) is 140 Å². The molecule has 4 heterocycles. The molecule has 780 valence electrons. The van der Waals surface area contributed by atoms with Crippen LogP contribution in [0.25, 0.3) is 10.4 Å². The molecule has 0 aliphatic carbocycles. The molecule has 12 rings (SSSR count). The lowest BCUT2D eigenvalue weighted by Gasteiger charge is -2.34. The highest BCUT2D eigenvalue weighted by Crippen LogP contribution is 2.36. The number of carbonyl (C=O) groups is 5. The summed E-state index contributed by atoms with van der Waals surface area (Å²) in [6.07, 6.45) is 0.00151. The zero-order valence-corrected chi connectivity index (χ0v) is 87.2. The number of nitrogens with zero attached hydrogens (tertiary/aromatic N) is 7. The van der Waals surface area contributed by atoms with Crippen LogP contribution in [0.5, 0.6) is 23.0 Å². The average molecular weight is 2070 g/mol. The minimum absolute atomic E-state index is 0.000655. The first-order valence-electron chi connectivity index (χ1n) is 47.9. The second kappa shape index (κ2) is 57.2. The number of rotatable bonds is 48. The summed E-state index contributed by atoms with van der Waals surface area (Å²) in [4.78, 5) is 65.2. The maximum absolute atomic E-state index is 13.8. The molecule has 0 bridgehead atoms. The van der Waals surface area contributed by atoms with Crippen LogP contribution in [0.1, 0.15) is 90.5 Å². The molecule has 8 aromatic rings. The SMILES string of the molecule is COc1ccc(S(=O)(=O)N(CC(C)C)C[C@@H](N)[C@H](Cc2ccccc2)NC(=O)O[C@H]2CO[C@H]3OCC[C@H]32)cc1.[B]C(=O)N[C@H](CN(CC(C)C)S(=O)(=O)c1ccc(OC)cc1)[C@@H](N)Cc1ccccc1.[B]C(=O)N[C@H](CN(CC(C)C)S(=O)(=O)c1ccc(OC)cc1)[C@H](Cc1ccccc1)N=[N+]=[N-].[B]C(=O)N[C@H](CN(CC(C)C)S(=O)(=O)c1ccc(OC)cc1)[C@H](Cc1ccccc1)NC(=O)O[C@H]1CO[C@H]2OCC[C@H]21. The standard InChI is InChI=1S/C29H38BN3O8S.C28H39N3O7S.C22H28BN5O4S.C22H30BN3O4S/c1-19(2)16-33(42(36,37)22-11-9-21(38-3)10-12-22)17-25(31-28(30)34)24(15-20-7-5-4-6-8-20)32-29(35)41-26-18-40-27-23(26)13-14-39-27;1-19(2)16-31(39(33,34)22-11-9-21(35-3)10-12-22)17-24(29)25(15-20-7-5-4-6-8-20)30-28(32)38-26-18-37-27-23(26)13-14-36-27;1-16(2)14-28(33(30,31)19-11-9-18(32-3)10-12-19)15-21(25-22(23)29)20(26-27-24)13-17-7-5-4-6-8-17;1-16(2)14-26(31(28,29)19-11-9-18(30-3)10-12-19)15-21(25-22(23)27)20(24)13-17-7-5-4-6-8-17/h4-12,19,23-27H,13-18H2,1-3H3,(H,31,34)(H,32,35);4-12,19,23-27H,13-18,29H2,1-3H3,(H,30,32);4-12,16,20-21H,13-15H2,1-3H3,(H,25,29);4-12,16,20-21H,13-15,24H2,1-3H3,(H,25,27)/t23-,24-,25+,26-,27+;23-,24+,25-,26-,27+;2*20-,21+/m0000/s1. The van der Waals surface area contributed by atoms with Crippen LogP contribution in [0.4, 0.5) is 24.0 Å². The number of fused-ring (bicyclic) bond motifs is 2. The Morgan fingerprint density at radius 3 is 0.966 bits per heavy atom. The Morgan fingerprint density at radius 2 is 0.648 bits per heavy atom. The molecule has 0 spiro atoms. The molecule has 14 atom stereocenters. The summed E-state index contributed by atoms with van der Waals surface area (Å²) in [5.41, 5.74) is 25.9. The van der Waals surface area contributed by atoms with E-state index >= 15 is 0 Å². The highest BCUT2D eigenvalue weighted by Gasteiger charge is 2.47. The molecule has 0 unspecified atom stereocenters. The van der Waals surface area contributed by atoms with E-state index in [1.165, 1.54) is 94.2 Å². The minimum atomic E-state index is -4.00. The van der Waals surface area contributed by atoms with Gasteiger partial charge in [0.25, 0.3) is 0 Å². The van der Waals surface area contributed by atoms with Crippen LogP contribution in [0, 0.1) is 35.5 Å². The van der Waals surface area contributed by atoms with Gasteiger partial charge in [0, 0.05) is 69.4 Å². The van der Waals surface area contributed by atoms with Gasteiger partial charge in [0.15, 0.2) is 30.0 Å². The first-order valence-corrected chi connectivity index (χ1v) is 53.7. The van der Waals surface area contributed by atoms with Crippen LogP contribution in [0.3, 0.4) is 0 Å². The Bertz CT molecular complexity index is 5900. The predicted octanol–water partition coefficient (Wildman–Crippen LogP) is 11.1. The van der Waals surface area contributed by atoms with E-state index in [9.17, 15) is 57.6 Å². The minimum Gasteiger partial charge on any atom is -0.497 e. The molecule has 6 radical (unpaired) electrons. The molecule has 4 aliphatic rings. The van der Waals surface area contributed by atoms with Crippen molar-refractivity contribution in [2.45, 2.75) is 187 Å². The van der Waals surface area contributed by atoms with E-state index in [4.69, 9.17) is 87.9 Å². The molecule has 0 saturated carbocycles. The Hall–Kier alpha value is -11.2. The van der Waals surface area contributed by atoms with Gasteiger partial charge in [0.2, 0.25) is 63.6 Å². The number of methoxy groups -OCH3 is 4. The van der Waals surface area contributed by atoms with Crippen molar-refractivity contribution in [1.82, 2.24) is 43.8 Å². The topological polar surface area (TPSA) is 488 Å². The molecule has 5 amide bonds. The molecule has 44 heteroatoms. The molecule has 4 fully saturated rings. The number of azide groups is 1. The number of hydrogen-bond donors (Lipinski definition) is 7.